The van der Waals surface area contributed by atoms with Crippen molar-refractivity contribution in [2.24, 2.45) is 7.05 Å². The smallest absolute Gasteiger partial charge is 0.252 e. The van der Waals surface area contributed by atoms with Crippen LogP contribution in [0.3, 0.4) is 0 Å². The molecule has 1 atom stereocenters. The van der Waals surface area contributed by atoms with Gasteiger partial charge >= 0.3 is 0 Å². The summed E-state index contributed by atoms with van der Waals surface area (Å²) in [6, 6.07) is 24.2. The Morgan fingerprint density at radius 3 is 2.55 bits per heavy atom. The van der Waals surface area contributed by atoms with Crippen molar-refractivity contribution >= 4 is 16.8 Å². The van der Waals surface area contributed by atoms with E-state index in [1.807, 2.05) is 74.8 Å². The second kappa shape index (κ2) is 10.7. The van der Waals surface area contributed by atoms with Crippen molar-refractivity contribution in [1.29, 1.82) is 0 Å². The Balaban J connectivity index is 1.24. The Hall–Kier alpha value is -4.36. The highest BCUT2D eigenvalue weighted by Crippen LogP contribution is 2.48. The minimum atomic E-state index is -0.419. The maximum Gasteiger partial charge on any atom is 0.252 e. The topological polar surface area (TPSA) is 81.9 Å². The van der Waals surface area contributed by atoms with Gasteiger partial charge in [-0.3, -0.25) is 14.5 Å². The summed E-state index contributed by atoms with van der Waals surface area (Å²) in [5.41, 5.74) is 7.00. The Kier molecular flexibility index (Phi) is 6.90. The first kappa shape index (κ1) is 25.9. The zero-order chi connectivity index (χ0) is 27.7. The van der Waals surface area contributed by atoms with Crippen molar-refractivity contribution in [3.8, 4) is 11.4 Å². The van der Waals surface area contributed by atoms with Crippen LogP contribution in [0.2, 0.25) is 0 Å². The van der Waals surface area contributed by atoms with Gasteiger partial charge in [0.15, 0.2) is 0 Å². The van der Waals surface area contributed by atoms with Crippen LogP contribution >= 0.6 is 0 Å². The van der Waals surface area contributed by atoms with Gasteiger partial charge in [-0.25, -0.2) is 4.98 Å². The molecule has 1 fully saturated rings. The van der Waals surface area contributed by atoms with Crippen LogP contribution in [0.1, 0.15) is 45.6 Å². The first-order valence-corrected chi connectivity index (χ1v) is 13.7. The number of nitrogens with zero attached hydrogens (tertiary/aromatic N) is 4. The van der Waals surface area contributed by atoms with Crippen molar-refractivity contribution in [2.45, 2.75) is 44.2 Å². The number of carbonyl (C=O) groups excluding carboxylic acids is 1. The summed E-state index contributed by atoms with van der Waals surface area (Å²) in [7, 11) is 3.64. The lowest BCUT2D eigenvalue weighted by molar-refractivity contribution is 0.0930. The van der Waals surface area contributed by atoms with Crippen LogP contribution < -0.4 is 5.32 Å². The van der Waals surface area contributed by atoms with Gasteiger partial charge in [0.25, 0.3) is 5.91 Å². The molecule has 7 heteroatoms. The number of aromatic nitrogens is 4. The number of nitrogens with one attached hydrogen (secondary N) is 1. The third-order valence-electron chi connectivity index (χ3n) is 7.81. The van der Waals surface area contributed by atoms with Crippen molar-refractivity contribution in [3.05, 3.63) is 113 Å². The minimum absolute atomic E-state index is 0.0111. The summed E-state index contributed by atoms with van der Waals surface area (Å²) in [6.45, 7) is 2.00. The molecule has 1 unspecified atom stereocenters. The standard InChI is InChI=1S/C33H33N5O2/c1-22-18-23(19-25(40-3)20-24-8-6-7-16-34-24)11-12-26(22)32(39)36-33(14-15-33)28-21-31(30-13-17-38(2)37-30)35-29-10-5-4-9-27(28)29/h4-13,16-18,21,25H,14-15,19-20H2,1-3H3,(H,36,39). The largest absolute Gasteiger partial charge is 0.381 e. The molecule has 3 aromatic heterocycles. The molecule has 7 nitrogen and oxygen atoms in total. The molecule has 1 saturated carbocycles. The highest BCUT2D eigenvalue weighted by atomic mass is 16.5. The molecule has 0 saturated heterocycles. The van der Waals surface area contributed by atoms with Crippen molar-refractivity contribution in [3.63, 3.8) is 0 Å². The van der Waals surface area contributed by atoms with Crippen molar-refractivity contribution in [2.75, 3.05) is 7.11 Å². The van der Waals surface area contributed by atoms with Crippen LogP contribution in [0, 0.1) is 6.92 Å². The maximum atomic E-state index is 13.6. The fourth-order valence-electron chi connectivity index (χ4n) is 5.49. The van der Waals surface area contributed by atoms with Crippen LogP contribution in [0.5, 0.6) is 0 Å². The number of carbonyl (C=O) groups is 1. The van der Waals surface area contributed by atoms with Crippen LogP contribution in [-0.4, -0.2) is 38.9 Å². The fraction of sp³-hybridized carbons (Fsp3) is 0.273. The minimum Gasteiger partial charge on any atom is -0.381 e. The number of fused-ring (bicyclic) bond motifs is 1. The van der Waals surface area contributed by atoms with Gasteiger partial charge in [0, 0.05) is 49.6 Å². The summed E-state index contributed by atoms with van der Waals surface area (Å²) in [6.07, 6.45) is 6.99. The molecular formula is C33H33N5O2. The van der Waals surface area contributed by atoms with E-state index >= 15 is 0 Å². The molecular weight excluding hydrogens is 498 g/mol. The van der Waals surface area contributed by atoms with Gasteiger partial charge in [-0.1, -0.05) is 36.4 Å². The number of benzene rings is 2. The van der Waals surface area contributed by atoms with Crippen LogP contribution in [0.4, 0.5) is 0 Å². The molecule has 0 aliphatic heterocycles. The van der Waals surface area contributed by atoms with Gasteiger partial charge < -0.3 is 10.1 Å². The van der Waals surface area contributed by atoms with Crippen molar-refractivity contribution in [1.82, 2.24) is 25.1 Å². The van der Waals surface area contributed by atoms with E-state index in [1.54, 1.807) is 18.0 Å². The van der Waals surface area contributed by atoms with Gasteiger partial charge in [-0.15, -0.1) is 0 Å². The van der Waals surface area contributed by atoms with E-state index < -0.39 is 5.54 Å². The van der Waals surface area contributed by atoms with Crippen LogP contribution in [0.25, 0.3) is 22.3 Å². The molecule has 1 aliphatic rings. The fourth-order valence-corrected chi connectivity index (χ4v) is 5.49. The monoisotopic (exact) mass is 531 g/mol. The van der Waals surface area contributed by atoms with E-state index in [0.717, 1.165) is 70.4 Å². The molecule has 1 aliphatic carbocycles. The molecule has 0 radical (unpaired) electrons. The lowest BCUT2D eigenvalue weighted by Crippen LogP contribution is -2.35. The highest BCUT2D eigenvalue weighted by molar-refractivity contribution is 5.97. The Bertz CT molecular complexity index is 1670. The van der Waals surface area contributed by atoms with Gasteiger partial charge in [0.05, 0.1) is 22.9 Å². The normalized spacial score (nSPS) is 14.7. The molecule has 1 N–H and O–H groups in total. The van der Waals surface area contributed by atoms with E-state index in [4.69, 9.17) is 9.72 Å². The molecule has 2 aromatic carbocycles. The highest BCUT2D eigenvalue weighted by Gasteiger charge is 2.47. The van der Waals surface area contributed by atoms with Gasteiger partial charge in [-0.2, -0.15) is 5.10 Å². The van der Waals surface area contributed by atoms with Gasteiger partial charge in [-0.05, 0) is 79.3 Å². The number of pyridine rings is 2. The first-order valence-electron chi connectivity index (χ1n) is 13.7. The van der Waals surface area contributed by atoms with Gasteiger partial charge in [0.1, 0.15) is 5.69 Å². The number of hydrogen-bond donors (Lipinski definition) is 1. The van der Waals surface area contributed by atoms with E-state index in [2.05, 4.69) is 33.6 Å². The number of ether oxygens (including phenoxy) is 1. The Labute approximate surface area is 234 Å². The second-order valence-electron chi connectivity index (χ2n) is 10.7. The average Bonchev–Trinajstić information content (AvgIpc) is 3.61. The molecule has 202 valence electrons. The van der Waals surface area contributed by atoms with Crippen molar-refractivity contribution < 1.29 is 9.53 Å². The van der Waals surface area contributed by atoms with E-state index in [0.29, 0.717) is 5.56 Å². The Morgan fingerprint density at radius 1 is 1.02 bits per heavy atom. The molecule has 3 heterocycles. The van der Waals surface area contributed by atoms with E-state index in [-0.39, 0.29) is 12.0 Å². The summed E-state index contributed by atoms with van der Waals surface area (Å²) in [5.74, 6) is -0.0568. The molecule has 0 bridgehead atoms. The molecule has 5 aromatic rings. The summed E-state index contributed by atoms with van der Waals surface area (Å²) < 4.78 is 7.52. The number of amides is 1. The SMILES string of the molecule is COC(Cc1ccc(C(=O)NC2(c3cc(-c4ccn(C)n4)nc4ccccc34)CC2)c(C)c1)Cc1ccccn1. The molecule has 0 spiro atoms. The second-order valence-corrected chi connectivity index (χ2v) is 10.7. The first-order chi connectivity index (χ1) is 19.4. The lowest BCUT2D eigenvalue weighted by atomic mass is 9.96. The van der Waals surface area contributed by atoms with Gasteiger partial charge in [0.2, 0.25) is 0 Å². The molecule has 1 amide bonds. The number of aryl methyl sites for hydroxylation is 2. The lowest BCUT2D eigenvalue weighted by Gasteiger charge is -2.22. The average molecular weight is 532 g/mol. The number of rotatable bonds is 9. The zero-order valence-electron chi connectivity index (χ0n) is 23.1. The maximum absolute atomic E-state index is 13.6. The summed E-state index contributed by atoms with van der Waals surface area (Å²) in [4.78, 5) is 22.9. The van der Waals surface area contributed by atoms with Crippen LogP contribution in [0.15, 0.2) is 85.2 Å². The quantitative estimate of drug-likeness (QED) is 0.269. The third kappa shape index (κ3) is 5.25. The molecule has 6 rings (SSSR count). The number of methoxy groups -OCH3 is 1. The predicted octanol–water partition coefficient (Wildman–Crippen LogP) is 5.56. The predicted molar refractivity (Wildman–Crippen MR) is 156 cm³/mol. The third-order valence-corrected chi connectivity index (χ3v) is 7.81. The zero-order valence-corrected chi connectivity index (χ0v) is 23.1. The van der Waals surface area contributed by atoms with Crippen LogP contribution in [-0.2, 0) is 30.2 Å². The summed E-state index contributed by atoms with van der Waals surface area (Å²) in [5, 5.41) is 9.02. The van der Waals surface area contributed by atoms with E-state index in [1.165, 1.54) is 0 Å². The van der Waals surface area contributed by atoms with E-state index in [9.17, 15) is 4.79 Å². The summed E-state index contributed by atoms with van der Waals surface area (Å²) >= 11 is 0. The number of para-hydroxylation sites is 1. The Morgan fingerprint density at radius 2 is 1.85 bits per heavy atom. The molecule has 40 heavy (non-hydrogen) atoms. The number of hydrogen-bond acceptors (Lipinski definition) is 5.